The molecule has 8 atom stereocenters. The van der Waals surface area contributed by atoms with Gasteiger partial charge in [0, 0.05) is 34.2 Å². The molecule has 49 heavy (non-hydrogen) atoms. The summed E-state index contributed by atoms with van der Waals surface area (Å²) in [6.45, 7) is 9.81. The number of carbonyl (C=O) groups excluding carboxylic acids is 3. The van der Waals surface area contributed by atoms with Crippen molar-refractivity contribution in [2.24, 2.45) is 17.8 Å². The number of amides is 4. The van der Waals surface area contributed by atoms with Crippen LogP contribution >= 0.6 is 0 Å². The van der Waals surface area contributed by atoms with Crippen LogP contribution in [0.3, 0.4) is 0 Å². The first-order valence-corrected chi connectivity index (χ1v) is 17.0. The van der Waals surface area contributed by atoms with E-state index < -0.39 is 42.3 Å². The van der Waals surface area contributed by atoms with E-state index in [0.29, 0.717) is 31.6 Å². The molecule has 1 aromatic heterocycles. The Bertz CT molecular complexity index is 1350. The summed E-state index contributed by atoms with van der Waals surface area (Å²) < 4.78 is 11.8. The van der Waals surface area contributed by atoms with Crippen molar-refractivity contribution in [2.75, 3.05) is 27.8 Å². The molecule has 1 aliphatic heterocycles. The predicted molar refractivity (Wildman–Crippen MR) is 181 cm³/mol. The highest BCUT2D eigenvalue weighted by atomic mass is 16.5. The van der Waals surface area contributed by atoms with Gasteiger partial charge in [0.15, 0.2) is 5.82 Å². The highest BCUT2D eigenvalue weighted by molar-refractivity contribution is 5.86. The van der Waals surface area contributed by atoms with E-state index in [4.69, 9.17) is 9.47 Å². The van der Waals surface area contributed by atoms with Crippen LogP contribution in [-0.2, 0) is 30.3 Å². The van der Waals surface area contributed by atoms with Crippen LogP contribution in [0, 0.1) is 17.8 Å². The number of aromatic nitrogens is 4. The first kappa shape index (κ1) is 39.3. The molecule has 2 unspecified atom stereocenters. The number of hydrogen-bond acceptors (Lipinski definition) is 9. The second-order valence-corrected chi connectivity index (χ2v) is 13.3. The molecule has 272 valence electrons. The van der Waals surface area contributed by atoms with Gasteiger partial charge in [-0.15, -0.1) is 10.2 Å². The number of H-pyrrole nitrogens is 1. The molecule has 0 saturated carbocycles. The number of benzene rings is 1. The topological polar surface area (TPSA) is 192 Å². The van der Waals surface area contributed by atoms with Gasteiger partial charge in [-0.05, 0) is 30.2 Å². The Morgan fingerprint density at radius 2 is 1.78 bits per heavy atom. The fourth-order valence-corrected chi connectivity index (χ4v) is 6.85. The number of tetrazole rings is 1. The SMILES string of the molecule is CC[C@H](C)[C@@H]([C@@H](CC(=O)N1CCCC1[C@H](OC)[C@@H](C)C(=O)N[C@@H](Cc1ccccc1)c1nn[nH]n1)OC)N(C)C(=O)C(NC(=O)O)C(C)C. The highest BCUT2D eigenvalue weighted by Crippen LogP contribution is 2.30. The molecule has 0 radical (unpaired) electrons. The number of likely N-dealkylation sites (N-methyl/N-ethyl adjacent to an activating group) is 1. The molecule has 1 fully saturated rings. The third-order valence-corrected chi connectivity index (χ3v) is 9.74. The van der Waals surface area contributed by atoms with Gasteiger partial charge in [0.25, 0.3) is 0 Å². The lowest BCUT2D eigenvalue weighted by molar-refractivity contribution is -0.147. The maximum Gasteiger partial charge on any atom is 0.405 e. The first-order valence-electron chi connectivity index (χ1n) is 17.0. The van der Waals surface area contributed by atoms with Crippen LogP contribution in [0.5, 0.6) is 0 Å². The summed E-state index contributed by atoms with van der Waals surface area (Å²) in [6.07, 6.45) is 0.0109. The molecule has 4 amide bonds. The van der Waals surface area contributed by atoms with E-state index in [9.17, 15) is 24.3 Å². The molecule has 1 aliphatic rings. The van der Waals surface area contributed by atoms with Gasteiger partial charge in [0.2, 0.25) is 17.7 Å². The maximum absolute atomic E-state index is 14.0. The minimum absolute atomic E-state index is 0.00762. The molecule has 3 rings (SSSR count). The molecule has 15 heteroatoms. The van der Waals surface area contributed by atoms with Gasteiger partial charge >= 0.3 is 6.09 Å². The van der Waals surface area contributed by atoms with Crippen LogP contribution < -0.4 is 10.6 Å². The molecular weight excluding hydrogens is 632 g/mol. The molecule has 2 heterocycles. The number of carbonyl (C=O) groups is 4. The first-order chi connectivity index (χ1) is 23.3. The zero-order valence-corrected chi connectivity index (χ0v) is 30.0. The fourth-order valence-electron chi connectivity index (χ4n) is 6.85. The minimum Gasteiger partial charge on any atom is -0.465 e. The summed E-state index contributed by atoms with van der Waals surface area (Å²) in [4.78, 5) is 56.1. The number of nitrogens with zero attached hydrogens (tertiary/aromatic N) is 5. The fraction of sp³-hybridized carbons (Fsp3) is 0.676. The van der Waals surface area contributed by atoms with Gasteiger partial charge in [0.1, 0.15) is 6.04 Å². The van der Waals surface area contributed by atoms with Crippen molar-refractivity contribution in [3.63, 3.8) is 0 Å². The summed E-state index contributed by atoms with van der Waals surface area (Å²) in [5.41, 5.74) is 0.995. The number of ether oxygens (including phenoxy) is 2. The monoisotopic (exact) mass is 686 g/mol. The maximum atomic E-state index is 14.0. The van der Waals surface area contributed by atoms with Crippen LogP contribution in [0.1, 0.15) is 77.7 Å². The summed E-state index contributed by atoms with van der Waals surface area (Å²) in [7, 11) is 4.69. The van der Waals surface area contributed by atoms with E-state index in [1.807, 2.05) is 44.2 Å². The summed E-state index contributed by atoms with van der Waals surface area (Å²) >= 11 is 0. The standard InChI is InChI=1S/C34H54N8O7/c1-9-21(4)29(41(6)33(45)28(20(2)3)36-34(46)47)26(48-7)19-27(43)42-17-13-16-25(42)30(49-8)22(5)32(44)35-24(31-37-39-40-38-31)18-23-14-11-10-12-15-23/h10-12,14-15,20-22,24-26,28-30,36H,9,13,16-19H2,1-8H3,(H,35,44)(H,46,47)(H,37,38,39,40)/t21-,22+,24-,25?,26+,28?,29-,30+/m0/s1. The van der Waals surface area contributed by atoms with E-state index in [1.54, 1.807) is 39.8 Å². The van der Waals surface area contributed by atoms with Gasteiger partial charge in [0.05, 0.1) is 42.7 Å². The molecule has 0 aliphatic carbocycles. The lowest BCUT2D eigenvalue weighted by atomic mass is 9.89. The van der Waals surface area contributed by atoms with Crippen molar-refractivity contribution in [2.45, 2.75) is 103 Å². The Kier molecular flexibility index (Phi) is 14.9. The normalized spacial score (nSPS) is 19.0. The van der Waals surface area contributed by atoms with E-state index in [2.05, 4.69) is 31.3 Å². The number of likely N-dealkylation sites (tertiary alicyclic amines) is 1. The number of nitrogens with one attached hydrogen (secondary N) is 3. The van der Waals surface area contributed by atoms with Crippen molar-refractivity contribution in [1.29, 1.82) is 0 Å². The number of aromatic amines is 1. The lowest BCUT2D eigenvalue weighted by Crippen LogP contribution is -2.57. The zero-order chi connectivity index (χ0) is 36.2. The zero-order valence-electron chi connectivity index (χ0n) is 30.0. The summed E-state index contributed by atoms with van der Waals surface area (Å²) in [5, 5.41) is 29.1. The third kappa shape index (κ3) is 10.2. The molecular formula is C34H54N8O7. The Labute approximate surface area is 288 Å². The molecule has 1 saturated heterocycles. The summed E-state index contributed by atoms with van der Waals surface area (Å²) in [5.74, 6) is -1.44. The minimum atomic E-state index is -1.28. The molecule has 0 spiro atoms. The van der Waals surface area contributed by atoms with Gasteiger partial charge < -0.3 is 35.0 Å². The number of carboxylic acid groups (broad SMARTS) is 1. The van der Waals surface area contributed by atoms with Gasteiger partial charge in [-0.2, -0.15) is 5.21 Å². The Balaban J connectivity index is 1.77. The number of hydrogen-bond donors (Lipinski definition) is 4. The van der Waals surface area contributed by atoms with Crippen molar-refractivity contribution >= 4 is 23.8 Å². The van der Waals surface area contributed by atoms with Crippen LogP contribution in [0.4, 0.5) is 4.79 Å². The second kappa shape index (κ2) is 18.6. The quantitative estimate of drug-likeness (QED) is 0.181. The van der Waals surface area contributed by atoms with Crippen molar-refractivity contribution in [3.05, 3.63) is 41.7 Å². The lowest BCUT2D eigenvalue weighted by Gasteiger charge is -2.40. The smallest absolute Gasteiger partial charge is 0.405 e. The van der Waals surface area contributed by atoms with Crippen molar-refractivity contribution < 1.29 is 33.8 Å². The Morgan fingerprint density at radius 3 is 2.33 bits per heavy atom. The van der Waals surface area contributed by atoms with Crippen LogP contribution in [0.2, 0.25) is 0 Å². The van der Waals surface area contributed by atoms with E-state index in [1.165, 1.54) is 12.0 Å². The van der Waals surface area contributed by atoms with E-state index in [-0.39, 0.29) is 42.0 Å². The molecule has 15 nitrogen and oxygen atoms in total. The Morgan fingerprint density at radius 1 is 1.08 bits per heavy atom. The molecule has 4 N–H and O–H groups in total. The van der Waals surface area contributed by atoms with E-state index in [0.717, 1.165) is 12.0 Å². The number of methoxy groups -OCH3 is 2. The average molecular weight is 687 g/mol. The van der Waals surface area contributed by atoms with Gasteiger partial charge in [-0.25, -0.2) is 4.79 Å². The summed E-state index contributed by atoms with van der Waals surface area (Å²) in [6, 6.07) is 7.35. The predicted octanol–water partition coefficient (Wildman–Crippen LogP) is 2.81. The molecule has 1 aromatic carbocycles. The van der Waals surface area contributed by atoms with Crippen LogP contribution in [0.15, 0.2) is 30.3 Å². The third-order valence-electron chi connectivity index (χ3n) is 9.74. The van der Waals surface area contributed by atoms with Gasteiger partial charge in [-0.1, -0.05) is 76.6 Å². The van der Waals surface area contributed by atoms with Crippen LogP contribution in [-0.4, -0.2) is 117 Å². The Hall–Kier alpha value is -4.11. The molecule has 0 bridgehead atoms. The van der Waals surface area contributed by atoms with Gasteiger partial charge in [-0.3, -0.25) is 14.4 Å². The number of rotatable bonds is 18. The average Bonchev–Trinajstić information content (AvgIpc) is 3.80. The highest BCUT2D eigenvalue weighted by Gasteiger charge is 2.43. The molecule has 2 aromatic rings. The van der Waals surface area contributed by atoms with Crippen molar-refractivity contribution in [3.8, 4) is 0 Å². The van der Waals surface area contributed by atoms with Crippen LogP contribution in [0.25, 0.3) is 0 Å². The second-order valence-electron chi connectivity index (χ2n) is 13.3. The van der Waals surface area contributed by atoms with E-state index >= 15 is 0 Å². The van der Waals surface area contributed by atoms with Crippen molar-refractivity contribution in [1.82, 2.24) is 41.1 Å². The largest absolute Gasteiger partial charge is 0.465 e.